The lowest BCUT2D eigenvalue weighted by Gasteiger charge is -2.20. The van der Waals surface area contributed by atoms with Gasteiger partial charge in [0.25, 0.3) is 0 Å². The Balaban J connectivity index is 3.56. The third-order valence-corrected chi connectivity index (χ3v) is 4.55. The summed E-state index contributed by atoms with van der Waals surface area (Å²) in [6, 6.07) is -0.763. The van der Waals surface area contributed by atoms with Crippen molar-refractivity contribution in [2.75, 3.05) is 13.7 Å². The minimum Gasteiger partial charge on any atom is -0.480 e. The molecule has 0 saturated carbocycles. The van der Waals surface area contributed by atoms with Crippen LogP contribution in [0.1, 0.15) is 84.5 Å². The lowest BCUT2D eigenvalue weighted by atomic mass is 9.99. The van der Waals surface area contributed by atoms with Gasteiger partial charge in [0.05, 0.1) is 0 Å². The van der Waals surface area contributed by atoms with Gasteiger partial charge >= 0.3 is 5.97 Å². The minimum atomic E-state index is -0.941. The fourth-order valence-electron chi connectivity index (χ4n) is 2.70. The van der Waals surface area contributed by atoms with E-state index in [0.29, 0.717) is 6.42 Å². The number of carboxylic acids is 1. The molecule has 0 saturated heterocycles. The van der Waals surface area contributed by atoms with Crippen molar-refractivity contribution < 1.29 is 19.4 Å². The van der Waals surface area contributed by atoms with Gasteiger partial charge in [-0.3, -0.25) is 4.79 Å². The van der Waals surface area contributed by atoms with Crippen LogP contribution in [0.2, 0.25) is 0 Å². The van der Waals surface area contributed by atoms with Gasteiger partial charge < -0.3 is 15.2 Å². The molecule has 24 heavy (non-hydrogen) atoms. The van der Waals surface area contributed by atoms with Gasteiger partial charge in [0.1, 0.15) is 6.04 Å². The molecule has 0 aliphatic rings. The van der Waals surface area contributed by atoms with Crippen LogP contribution in [0.5, 0.6) is 0 Å². The highest BCUT2D eigenvalue weighted by Gasteiger charge is 2.24. The van der Waals surface area contributed by atoms with E-state index in [4.69, 9.17) is 9.84 Å². The molecule has 5 nitrogen and oxygen atoms in total. The summed E-state index contributed by atoms with van der Waals surface area (Å²) in [7, 11) is 1.74. The molecule has 0 fully saturated rings. The van der Waals surface area contributed by atoms with Gasteiger partial charge in [-0.25, -0.2) is 4.79 Å². The first-order valence-electron chi connectivity index (χ1n) is 9.54. The number of aliphatic carboxylic acids is 1. The van der Waals surface area contributed by atoms with Crippen LogP contribution in [0.4, 0.5) is 0 Å². The van der Waals surface area contributed by atoms with E-state index in [1.165, 1.54) is 32.1 Å². The van der Waals surface area contributed by atoms with Crippen LogP contribution >= 0.6 is 0 Å². The van der Waals surface area contributed by atoms with Crippen LogP contribution in [0.15, 0.2) is 0 Å². The van der Waals surface area contributed by atoms with Gasteiger partial charge in [-0.1, -0.05) is 65.2 Å². The summed E-state index contributed by atoms with van der Waals surface area (Å²) < 4.78 is 5.02. The zero-order valence-corrected chi connectivity index (χ0v) is 15.8. The molecule has 0 bridgehead atoms. The van der Waals surface area contributed by atoms with Crippen LogP contribution in [-0.4, -0.2) is 36.7 Å². The lowest BCUT2D eigenvalue weighted by molar-refractivity contribution is -0.143. The second-order valence-corrected chi connectivity index (χ2v) is 6.69. The number of ether oxygens (including phenoxy) is 1. The van der Waals surface area contributed by atoms with E-state index in [0.717, 1.165) is 38.7 Å². The lowest BCUT2D eigenvalue weighted by Crippen LogP contribution is -2.44. The maximum Gasteiger partial charge on any atom is 0.326 e. The number of hydrogen-bond acceptors (Lipinski definition) is 3. The van der Waals surface area contributed by atoms with E-state index in [2.05, 4.69) is 5.32 Å². The van der Waals surface area contributed by atoms with Gasteiger partial charge in [-0.15, -0.1) is 0 Å². The predicted octanol–water partition coefficient (Wildman–Crippen LogP) is 4.15. The predicted molar refractivity (Wildman–Crippen MR) is 97.1 cm³/mol. The second kappa shape index (κ2) is 15.4. The second-order valence-electron chi connectivity index (χ2n) is 6.69. The largest absolute Gasteiger partial charge is 0.480 e. The Morgan fingerprint density at radius 3 is 1.92 bits per heavy atom. The summed E-state index contributed by atoms with van der Waals surface area (Å²) in [5, 5.41) is 11.8. The molecule has 2 N–H and O–H groups in total. The van der Waals surface area contributed by atoms with Gasteiger partial charge in [0.15, 0.2) is 0 Å². The molecule has 0 aliphatic heterocycles. The number of carboxylic acid groups (broad SMARTS) is 1. The highest BCUT2D eigenvalue weighted by Crippen LogP contribution is 2.12. The fourth-order valence-corrected chi connectivity index (χ4v) is 2.70. The number of methoxy groups -OCH3 is 1. The molecular formula is C19H37NO4. The molecule has 0 heterocycles. The summed E-state index contributed by atoms with van der Waals surface area (Å²) in [5.41, 5.74) is 0. The molecule has 0 aromatic heterocycles. The molecule has 1 amide bonds. The molecular weight excluding hydrogens is 306 g/mol. The number of amides is 1. The molecule has 5 heteroatoms. The monoisotopic (exact) mass is 343 g/mol. The number of carbonyl (C=O) groups is 2. The van der Waals surface area contributed by atoms with E-state index in [-0.39, 0.29) is 11.8 Å². The van der Waals surface area contributed by atoms with Crippen LogP contribution in [-0.2, 0) is 14.3 Å². The minimum absolute atomic E-state index is 0.0460. The van der Waals surface area contributed by atoms with Crippen molar-refractivity contribution in [3.63, 3.8) is 0 Å². The van der Waals surface area contributed by atoms with E-state index in [9.17, 15) is 9.59 Å². The Bertz CT molecular complexity index is 333. The van der Waals surface area contributed by atoms with Gasteiger partial charge in [-0.2, -0.15) is 0 Å². The Morgan fingerprint density at radius 1 is 0.958 bits per heavy atom. The SMILES string of the molecule is CC[C@@H](C)[C@@H](NC(=O)CCCCCCCCCCCOC)C(=O)O. The van der Waals surface area contributed by atoms with Crippen molar-refractivity contribution in [1.29, 1.82) is 0 Å². The number of carbonyl (C=O) groups excluding carboxylic acids is 1. The fraction of sp³-hybridized carbons (Fsp3) is 0.895. The molecule has 0 aromatic carbocycles. The van der Waals surface area contributed by atoms with Gasteiger partial charge in [0, 0.05) is 20.1 Å². The first-order chi connectivity index (χ1) is 11.5. The maximum atomic E-state index is 11.9. The van der Waals surface area contributed by atoms with Crippen molar-refractivity contribution >= 4 is 11.9 Å². The summed E-state index contributed by atoms with van der Waals surface area (Å²) in [6.07, 6.45) is 11.6. The van der Waals surface area contributed by atoms with E-state index in [1.54, 1.807) is 7.11 Å². The van der Waals surface area contributed by atoms with Crippen LogP contribution in [0.3, 0.4) is 0 Å². The van der Waals surface area contributed by atoms with Crippen molar-refractivity contribution in [2.45, 2.75) is 90.5 Å². The summed E-state index contributed by atoms with van der Waals surface area (Å²) in [5.74, 6) is -1.13. The number of unbranched alkanes of at least 4 members (excludes halogenated alkanes) is 8. The Labute approximate surface area is 147 Å². The van der Waals surface area contributed by atoms with E-state index >= 15 is 0 Å². The molecule has 0 rings (SSSR count). The molecule has 0 aromatic rings. The Kier molecular flexibility index (Phi) is 14.7. The normalized spacial score (nSPS) is 13.5. The molecule has 0 aliphatic carbocycles. The van der Waals surface area contributed by atoms with Crippen molar-refractivity contribution in [1.82, 2.24) is 5.32 Å². The molecule has 142 valence electrons. The molecule has 0 radical (unpaired) electrons. The third kappa shape index (κ3) is 12.3. The number of nitrogens with one attached hydrogen (secondary N) is 1. The maximum absolute atomic E-state index is 11.9. The summed E-state index contributed by atoms with van der Waals surface area (Å²) >= 11 is 0. The summed E-state index contributed by atoms with van der Waals surface area (Å²) in [4.78, 5) is 23.0. The molecule has 0 unspecified atom stereocenters. The van der Waals surface area contributed by atoms with Gasteiger partial charge in [0.2, 0.25) is 5.91 Å². The Morgan fingerprint density at radius 2 is 1.46 bits per heavy atom. The topological polar surface area (TPSA) is 75.6 Å². The highest BCUT2D eigenvalue weighted by atomic mass is 16.5. The zero-order chi connectivity index (χ0) is 18.2. The van der Waals surface area contributed by atoms with Crippen molar-refractivity contribution in [3.05, 3.63) is 0 Å². The van der Waals surface area contributed by atoms with Crippen molar-refractivity contribution in [2.24, 2.45) is 5.92 Å². The number of hydrogen-bond donors (Lipinski definition) is 2. The van der Waals surface area contributed by atoms with Gasteiger partial charge in [-0.05, 0) is 18.8 Å². The van der Waals surface area contributed by atoms with Crippen LogP contribution in [0.25, 0.3) is 0 Å². The average Bonchev–Trinajstić information content (AvgIpc) is 2.56. The molecule has 2 atom stereocenters. The van der Waals surface area contributed by atoms with Crippen LogP contribution in [0, 0.1) is 5.92 Å². The zero-order valence-electron chi connectivity index (χ0n) is 15.8. The smallest absolute Gasteiger partial charge is 0.326 e. The average molecular weight is 344 g/mol. The standard InChI is InChI=1S/C19H37NO4/c1-4-16(2)18(19(22)23)20-17(21)14-12-10-8-6-5-7-9-11-13-15-24-3/h16,18H,4-15H2,1-3H3,(H,20,21)(H,22,23)/t16-,18-/m1/s1. The molecule has 0 spiro atoms. The van der Waals surface area contributed by atoms with Crippen LogP contribution < -0.4 is 5.32 Å². The quantitative estimate of drug-likeness (QED) is 0.413. The third-order valence-electron chi connectivity index (χ3n) is 4.55. The summed E-state index contributed by atoms with van der Waals surface area (Å²) in [6.45, 7) is 4.65. The van der Waals surface area contributed by atoms with Crippen molar-refractivity contribution in [3.8, 4) is 0 Å². The highest BCUT2D eigenvalue weighted by molar-refractivity contribution is 5.83. The van der Waals surface area contributed by atoms with E-state index < -0.39 is 12.0 Å². The first-order valence-corrected chi connectivity index (χ1v) is 9.54. The first kappa shape index (κ1) is 22.9. The van der Waals surface area contributed by atoms with E-state index in [1.807, 2.05) is 13.8 Å². The number of rotatable bonds is 16. The Hall–Kier alpha value is -1.10.